The first-order chi connectivity index (χ1) is 10.6. The van der Waals surface area contributed by atoms with Gasteiger partial charge in [-0.2, -0.15) is 0 Å². The van der Waals surface area contributed by atoms with Gasteiger partial charge in [0.25, 0.3) is 0 Å². The minimum absolute atomic E-state index is 0.304. The van der Waals surface area contributed by atoms with Crippen molar-refractivity contribution in [2.24, 2.45) is 0 Å². The molecule has 0 heterocycles. The maximum Gasteiger partial charge on any atom is 0.313 e. The number of anilines is 1. The molecule has 114 valence electrons. The van der Waals surface area contributed by atoms with Crippen LogP contribution in [-0.4, -0.2) is 11.8 Å². The molecule has 2 amide bonds. The number of amides is 2. The van der Waals surface area contributed by atoms with Crippen LogP contribution < -0.4 is 10.6 Å². The van der Waals surface area contributed by atoms with E-state index in [-0.39, 0.29) is 0 Å². The maximum atomic E-state index is 11.8. The zero-order chi connectivity index (χ0) is 15.9. The third-order valence-electron chi connectivity index (χ3n) is 3.21. The summed E-state index contributed by atoms with van der Waals surface area (Å²) < 4.78 is 0. The zero-order valence-electron chi connectivity index (χ0n) is 12.2. The van der Waals surface area contributed by atoms with E-state index in [0.717, 1.165) is 12.0 Å². The van der Waals surface area contributed by atoms with Gasteiger partial charge in [-0.1, -0.05) is 54.9 Å². The minimum Gasteiger partial charge on any atom is -0.344 e. The van der Waals surface area contributed by atoms with Gasteiger partial charge in [-0.3, -0.25) is 9.59 Å². The molecule has 0 aromatic heterocycles. The van der Waals surface area contributed by atoms with E-state index < -0.39 is 11.8 Å². The van der Waals surface area contributed by atoms with Crippen LogP contribution in [0.2, 0.25) is 5.02 Å². The fourth-order valence-electron chi connectivity index (χ4n) is 1.90. The second-order valence-corrected chi connectivity index (χ2v) is 5.19. The number of hydrogen-bond acceptors (Lipinski definition) is 2. The molecule has 0 spiro atoms. The van der Waals surface area contributed by atoms with Gasteiger partial charge < -0.3 is 10.6 Å². The number of para-hydroxylation sites is 1. The van der Waals surface area contributed by atoms with Crippen molar-refractivity contribution in [3.8, 4) is 0 Å². The first kappa shape index (κ1) is 16.0. The molecule has 2 N–H and O–H groups in total. The van der Waals surface area contributed by atoms with Crippen molar-refractivity contribution >= 4 is 29.1 Å². The fourth-order valence-corrected chi connectivity index (χ4v) is 2.08. The molecule has 22 heavy (non-hydrogen) atoms. The van der Waals surface area contributed by atoms with Gasteiger partial charge in [0, 0.05) is 6.54 Å². The number of aryl methyl sites for hydroxylation is 1. The molecule has 0 saturated heterocycles. The molecule has 0 atom stereocenters. The second-order valence-electron chi connectivity index (χ2n) is 4.79. The van der Waals surface area contributed by atoms with Gasteiger partial charge in [0.2, 0.25) is 0 Å². The molecule has 2 aromatic carbocycles. The molecular formula is C17H17ClN2O2. The molecule has 0 radical (unpaired) electrons. The third kappa shape index (κ3) is 4.33. The molecule has 0 bridgehead atoms. The number of carbonyl (C=O) groups excluding carboxylic acids is 2. The lowest BCUT2D eigenvalue weighted by Crippen LogP contribution is -2.35. The van der Waals surface area contributed by atoms with Crippen LogP contribution in [0.5, 0.6) is 0 Å². The van der Waals surface area contributed by atoms with E-state index in [9.17, 15) is 9.59 Å². The number of carbonyl (C=O) groups is 2. The Morgan fingerprint density at radius 1 is 0.955 bits per heavy atom. The number of hydrogen-bond donors (Lipinski definition) is 2. The summed E-state index contributed by atoms with van der Waals surface area (Å²) in [5, 5.41) is 5.45. The molecule has 0 fully saturated rings. The molecule has 5 heteroatoms. The lowest BCUT2D eigenvalue weighted by molar-refractivity contribution is -0.136. The van der Waals surface area contributed by atoms with Crippen LogP contribution in [0.25, 0.3) is 0 Å². The van der Waals surface area contributed by atoms with Crippen LogP contribution in [0.3, 0.4) is 0 Å². The van der Waals surface area contributed by atoms with Crippen LogP contribution in [0.15, 0.2) is 48.5 Å². The van der Waals surface area contributed by atoms with Crippen LogP contribution in [0.1, 0.15) is 18.1 Å². The van der Waals surface area contributed by atoms with Crippen LogP contribution in [0, 0.1) is 0 Å². The predicted molar refractivity (Wildman–Crippen MR) is 87.7 cm³/mol. The highest BCUT2D eigenvalue weighted by atomic mass is 35.5. The van der Waals surface area contributed by atoms with Crippen molar-refractivity contribution in [1.82, 2.24) is 5.32 Å². The summed E-state index contributed by atoms with van der Waals surface area (Å²) in [5.74, 6) is -1.43. The van der Waals surface area contributed by atoms with E-state index in [0.29, 0.717) is 17.3 Å². The van der Waals surface area contributed by atoms with E-state index in [4.69, 9.17) is 11.6 Å². The molecule has 0 aliphatic rings. The van der Waals surface area contributed by atoms with Crippen molar-refractivity contribution < 1.29 is 9.59 Å². The van der Waals surface area contributed by atoms with Crippen LogP contribution >= 0.6 is 11.6 Å². The summed E-state index contributed by atoms with van der Waals surface area (Å²) in [6.45, 7) is 2.38. The molecule has 0 aliphatic carbocycles. The van der Waals surface area contributed by atoms with Gasteiger partial charge in [-0.25, -0.2) is 0 Å². The normalized spacial score (nSPS) is 10.1. The zero-order valence-corrected chi connectivity index (χ0v) is 13.0. The summed E-state index contributed by atoms with van der Waals surface area (Å²) in [5.41, 5.74) is 2.58. The molecule has 0 saturated carbocycles. The smallest absolute Gasteiger partial charge is 0.313 e. The molecule has 0 unspecified atom stereocenters. The minimum atomic E-state index is -0.738. The standard InChI is InChI=1S/C17H17ClN2O2/c1-2-12-7-9-13(10-8-12)11-19-16(21)17(22)20-15-6-4-3-5-14(15)18/h3-10H,2,11H2,1H3,(H,19,21)(H,20,22). The summed E-state index contributed by atoms with van der Waals surface area (Å²) in [6, 6.07) is 14.6. The van der Waals surface area contributed by atoms with Gasteiger partial charge >= 0.3 is 11.8 Å². The summed E-state index contributed by atoms with van der Waals surface area (Å²) >= 11 is 5.93. The molecular weight excluding hydrogens is 300 g/mol. The van der Waals surface area contributed by atoms with E-state index >= 15 is 0 Å². The van der Waals surface area contributed by atoms with Gasteiger partial charge in [0.05, 0.1) is 10.7 Å². The van der Waals surface area contributed by atoms with E-state index in [1.54, 1.807) is 24.3 Å². The lowest BCUT2D eigenvalue weighted by atomic mass is 10.1. The van der Waals surface area contributed by atoms with E-state index in [1.165, 1.54) is 5.56 Å². The average Bonchev–Trinajstić information content (AvgIpc) is 2.55. The predicted octanol–water partition coefficient (Wildman–Crippen LogP) is 3.16. The first-order valence-electron chi connectivity index (χ1n) is 7.01. The molecule has 4 nitrogen and oxygen atoms in total. The largest absolute Gasteiger partial charge is 0.344 e. The van der Waals surface area contributed by atoms with Gasteiger partial charge in [-0.05, 0) is 29.7 Å². The van der Waals surface area contributed by atoms with E-state index in [1.807, 2.05) is 24.3 Å². The Kier molecular flexibility index (Phi) is 5.55. The Morgan fingerprint density at radius 2 is 1.59 bits per heavy atom. The van der Waals surface area contributed by atoms with Crippen molar-refractivity contribution in [3.05, 3.63) is 64.7 Å². The van der Waals surface area contributed by atoms with Crippen molar-refractivity contribution in [2.45, 2.75) is 19.9 Å². The summed E-state index contributed by atoms with van der Waals surface area (Å²) in [4.78, 5) is 23.6. The highest BCUT2D eigenvalue weighted by Gasteiger charge is 2.14. The first-order valence-corrected chi connectivity index (χ1v) is 7.39. The van der Waals surface area contributed by atoms with E-state index in [2.05, 4.69) is 17.6 Å². The van der Waals surface area contributed by atoms with Crippen molar-refractivity contribution in [2.75, 3.05) is 5.32 Å². The Balaban J connectivity index is 1.88. The monoisotopic (exact) mass is 316 g/mol. The number of benzene rings is 2. The number of rotatable bonds is 4. The van der Waals surface area contributed by atoms with Crippen LogP contribution in [0.4, 0.5) is 5.69 Å². The Labute approximate surface area is 134 Å². The lowest BCUT2D eigenvalue weighted by Gasteiger charge is -2.08. The third-order valence-corrected chi connectivity index (χ3v) is 3.54. The topological polar surface area (TPSA) is 58.2 Å². The Hall–Kier alpha value is -2.33. The van der Waals surface area contributed by atoms with Gasteiger partial charge in [0.15, 0.2) is 0 Å². The Bertz CT molecular complexity index is 669. The maximum absolute atomic E-state index is 11.8. The van der Waals surface area contributed by atoms with Gasteiger partial charge in [-0.15, -0.1) is 0 Å². The highest BCUT2D eigenvalue weighted by molar-refractivity contribution is 6.41. The molecule has 0 aliphatic heterocycles. The Morgan fingerprint density at radius 3 is 2.23 bits per heavy atom. The van der Waals surface area contributed by atoms with Crippen molar-refractivity contribution in [1.29, 1.82) is 0 Å². The SMILES string of the molecule is CCc1ccc(CNC(=O)C(=O)Nc2ccccc2Cl)cc1. The van der Waals surface area contributed by atoms with Crippen LogP contribution in [-0.2, 0) is 22.6 Å². The molecule has 2 rings (SSSR count). The second kappa shape index (κ2) is 7.61. The van der Waals surface area contributed by atoms with Crippen molar-refractivity contribution in [3.63, 3.8) is 0 Å². The number of halogens is 1. The summed E-state index contributed by atoms with van der Waals surface area (Å²) in [6.07, 6.45) is 0.965. The molecule has 2 aromatic rings. The quantitative estimate of drug-likeness (QED) is 0.851. The fraction of sp³-hybridized carbons (Fsp3) is 0.176. The highest BCUT2D eigenvalue weighted by Crippen LogP contribution is 2.20. The number of nitrogens with one attached hydrogen (secondary N) is 2. The average molecular weight is 317 g/mol. The van der Waals surface area contributed by atoms with Gasteiger partial charge in [0.1, 0.15) is 0 Å². The summed E-state index contributed by atoms with van der Waals surface area (Å²) in [7, 11) is 0.